The average molecular weight is 209 g/mol. The van der Waals surface area contributed by atoms with E-state index in [1.165, 1.54) is 6.42 Å². The standard InChI is InChI=1S/C10H15N3S/c1-10(2,9-12-6-7-14-9)13-8-4-3-5-11-8/h6-7H,3-5H2,1-2H3,(H,11,13). The van der Waals surface area contributed by atoms with Crippen LogP contribution in [0.4, 0.5) is 0 Å². The third-order valence-corrected chi connectivity index (χ3v) is 3.39. The molecular weight excluding hydrogens is 194 g/mol. The normalized spacial score (nSPS) is 16.9. The molecule has 2 heterocycles. The van der Waals surface area contributed by atoms with Crippen molar-refractivity contribution in [2.24, 2.45) is 4.99 Å². The van der Waals surface area contributed by atoms with Crippen LogP contribution in [0.15, 0.2) is 16.6 Å². The van der Waals surface area contributed by atoms with Gasteiger partial charge in [-0.05, 0) is 20.3 Å². The van der Waals surface area contributed by atoms with Gasteiger partial charge in [0.1, 0.15) is 5.01 Å². The van der Waals surface area contributed by atoms with Crippen molar-refractivity contribution in [3.63, 3.8) is 0 Å². The number of amidine groups is 1. The molecule has 0 saturated carbocycles. The van der Waals surface area contributed by atoms with Gasteiger partial charge in [0.15, 0.2) is 0 Å². The largest absolute Gasteiger partial charge is 0.362 e. The minimum atomic E-state index is -0.0860. The smallest absolute Gasteiger partial charge is 0.117 e. The van der Waals surface area contributed by atoms with Crippen LogP contribution < -0.4 is 5.32 Å². The van der Waals surface area contributed by atoms with Gasteiger partial charge in [-0.3, -0.25) is 4.99 Å². The Morgan fingerprint density at radius 3 is 2.93 bits per heavy atom. The van der Waals surface area contributed by atoms with Gasteiger partial charge in [-0.1, -0.05) is 0 Å². The molecule has 0 atom stereocenters. The maximum Gasteiger partial charge on any atom is 0.117 e. The molecule has 0 bridgehead atoms. The zero-order valence-electron chi connectivity index (χ0n) is 8.58. The van der Waals surface area contributed by atoms with E-state index < -0.39 is 0 Å². The van der Waals surface area contributed by atoms with E-state index in [1.54, 1.807) is 11.3 Å². The molecule has 4 heteroatoms. The summed E-state index contributed by atoms with van der Waals surface area (Å²) < 4.78 is 0. The van der Waals surface area contributed by atoms with E-state index in [-0.39, 0.29) is 5.54 Å². The van der Waals surface area contributed by atoms with E-state index in [0.717, 1.165) is 23.8 Å². The van der Waals surface area contributed by atoms with Gasteiger partial charge in [-0.15, -0.1) is 11.3 Å². The monoisotopic (exact) mass is 209 g/mol. The van der Waals surface area contributed by atoms with Gasteiger partial charge < -0.3 is 5.32 Å². The highest BCUT2D eigenvalue weighted by molar-refractivity contribution is 7.09. The van der Waals surface area contributed by atoms with Crippen LogP contribution in [0.2, 0.25) is 0 Å². The Bertz CT molecular complexity index is 327. The second kappa shape index (κ2) is 3.69. The van der Waals surface area contributed by atoms with Crippen molar-refractivity contribution in [1.29, 1.82) is 0 Å². The topological polar surface area (TPSA) is 37.3 Å². The Hall–Kier alpha value is -0.900. The van der Waals surface area contributed by atoms with Crippen LogP contribution in [0.25, 0.3) is 0 Å². The molecule has 0 amide bonds. The van der Waals surface area contributed by atoms with Gasteiger partial charge in [0.05, 0.1) is 11.4 Å². The summed E-state index contributed by atoms with van der Waals surface area (Å²) in [6.07, 6.45) is 4.10. The van der Waals surface area contributed by atoms with E-state index >= 15 is 0 Å². The van der Waals surface area contributed by atoms with Crippen molar-refractivity contribution in [2.75, 3.05) is 6.54 Å². The van der Waals surface area contributed by atoms with Gasteiger partial charge >= 0.3 is 0 Å². The molecule has 0 aliphatic carbocycles. The van der Waals surface area contributed by atoms with Crippen molar-refractivity contribution in [1.82, 2.24) is 10.3 Å². The average Bonchev–Trinajstić information content (AvgIpc) is 2.71. The van der Waals surface area contributed by atoms with Gasteiger partial charge in [0.2, 0.25) is 0 Å². The van der Waals surface area contributed by atoms with Crippen molar-refractivity contribution >= 4 is 17.2 Å². The molecule has 0 fully saturated rings. The number of hydrogen-bond donors (Lipinski definition) is 1. The summed E-state index contributed by atoms with van der Waals surface area (Å²) in [7, 11) is 0. The highest BCUT2D eigenvalue weighted by atomic mass is 32.1. The van der Waals surface area contributed by atoms with Crippen LogP contribution in [0.1, 0.15) is 31.7 Å². The zero-order chi connectivity index (χ0) is 10.0. The van der Waals surface area contributed by atoms with Crippen LogP contribution in [0.5, 0.6) is 0 Å². The number of nitrogens with one attached hydrogen (secondary N) is 1. The molecule has 1 N–H and O–H groups in total. The fourth-order valence-corrected chi connectivity index (χ4v) is 2.31. The SMILES string of the molecule is CC(C)(NC1=NCCC1)c1nccs1. The zero-order valence-corrected chi connectivity index (χ0v) is 9.40. The number of nitrogens with zero attached hydrogens (tertiary/aromatic N) is 2. The third kappa shape index (κ3) is 1.95. The predicted octanol–water partition coefficient (Wildman–Crippen LogP) is 2.16. The molecule has 0 radical (unpaired) electrons. The molecule has 3 nitrogen and oxygen atoms in total. The number of aliphatic imine (C=N–C) groups is 1. The molecule has 1 aromatic rings. The van der Waals surface area contributed by atoms with E-state index in [1.807, 2.05) is 11.6 Å². The summed E-state index contributed by atoms with van der Waals surface area (Å²) in [5, 5.41) is 6.58. The van der Waals surface area contributed by atoms with Gasteiger partial charge in [0.25, 0.3) is 0 Å². The van der Waals surface area contributed by atoms with Crippen LogP contribution in [-0.4, -0.2) is 17.4 Å². The van der Waals surface area contributed by atoms with Crippen LogP contribution >= 0.6 is 11.3 Å². The van der Waals surface area contributed by atoms with Crippen molar-refractivity contribution in [3.05, 3.63) is 16.6 Å². The lowest BCUT2D eigenvalue weighted by Crippen LogP contribution is -2.40. The maximum absolute atomic E-state index is 4.41. The highest BCUT2D eigenvalue weighted by Crippen LogP contribution is 2.22. The van der Waals surface area contributed by atoms with E-state index in [2.05, 4.69) is 29.1 Å². The molecule has 1 aromatic heterocycles. The number of rotatable bonds is 2. The maximum atomic E-state index is 4.41. The molecule has 0 aromatic carbocycles. The molecule has 2 rings (SSSR count). The Morgan fingerprint density at radius 1 is 1.50 bits per heavy atom. The van der Waals surface area contributed by atoms with Crippen LogP contribution in [-0.2, 0) is 5.54 Å². The molecule has 1 aliphatic rings. The molecule has 0 spiro atoms. The molecule has 0 unspecified atom stereocenters. The summed E-state index contributed by atoms with van der Waals surface area (Å²) in [6.45, 7) is 5.26. The molecule has 76 valence electrons. The first kappa shape index (κ1) is 9.65. The fraction of sp³-hybridized carbons (Fsp3) is 0.600. The number of thiazole rings is 1. The Balaban J connectivity index is 2.09. The fourth-order valence-electron chi connectivity index (χ4n) is 1.59. The minimum absolute atomic E-state index is 0.0860. The summed E-state index contributed by atoms with van der Waals surface area (Å²) in [5.41, 5.74) is -0.0860. The van der Waals surface area contributed by atoms with Gasteiger partial charge in [0, 0.05) is 24.5 Å². The lowest BCUT2D eigenvalue weighted by molar-refractivity contribution is 0.480. The predicted molar refractivity (Wildman–Crippen MR) is 59.8 cm³/mol. The summed E-state index contributed by atoms with van der Waals surface area (Å²) in [5.74, 6) is 1.13. The molecule has 0 saturated heterocycles. The Morgan fingerprint density at radius 2 is 2.36 bits per heavy atom. The van der Waals surface area contributed by atoms with Gasteiger partial charge in [-0.25, -0.2) is 4.98 Å². The third-order valence-electron chi connectivity index (χ3n) is 2.30. The molecule has 1 aliphatic heterocycles. The summed E-state index contributed by atoms with van der Waals surface area (Å²) >= 11 is 1.68. The van der Waals surface area contributed by atoms with Crippen LogP contribution in [0, 0.1) is 0 Å². The number of hydrogen-bond acceptors (Lipinski definition) is 4. The van der Waals surface area contributed by atoms with E-state index in [4.69, 9.17) is 0 Å². The Kier molecular flexibility index (Phi) is 2.54. The molecule has 14 heavy (non-hydrogen) atoms. The number of aromatic nitrogens is 1. The Labute approximate surface area is 88.3 Å². The lowest BCUT2D eigenvalue weighted by Gasteiger charge is -2.24. The van der Waals surface area contributed by atoms with E-state index in [9.17, 15) is 0 Å². The van der Waals surface area contributed by atoms with Crippen LogP contribution in [0.3, 0.4) is 0 Å². The highest BCUT2D eigenvalue weighted by Gasteiger charge is 2.24. The summed E-state index contributed by atoms with van der Waals surface area (Å²) in [6, 6.07) is 0. The first-order chi connectivity index (χ1) is 6.68. The van der Waals surface area contributed by atoms with Crippen molar-refractivity contribution < 1.29 is 0 Å². The molecular formula is C10H15N3S. The van der Waals surface area contributed by atoms with Crippen molar-refractivity contribution in [2.45, 2.75) is 32.2 Å². The quantitative estimate of drug-likeness (QED) is 0.810. The minimum Gasteiger partial charge on any atom is -0.362 e. The first-order valence-electron chi connectivity index (χ1n) is 4.90. The lowest BCUT2D eigenvalue weighted by atomic mass is 10.1. The summed E-state index contributed by atoms with van der Waals surface area (Å²) in [4.78, 5) is 8.74. The van der Waals surface area contributed by atoms with Crippen molar-refractivity contribution in [3.8, 4) is 0 Å². The second-order valence-electron chi connectivity index (χ2n) is 4.02. The van der Waals surface area contributed by atoms with E-state index in [0.29, 0.717) is 0 Å². The second-order valence-corrected chi connectivity index (χ2v) is 4.91. The van der Waals surface area contributed by atoms with Gasteiger partial charge in [-0.2, -0.15) is 0 Å². The first-order valence-corrected chi connectivity index (χ1v) is 5.78.